The first-order chi connectivity index (χ1) is 6.27. The standard InChI is InChI=1S/C10H10N2O/c1-12-7-9(6-10(12)13)8-2-4-11-5-3-8/h2-6H,7H2,1H3. The molecule has 1 aliphatic rings. The zero-order valence-corrected chi connectivity index (χ0v) is 7.40. The Labute approximate surface area is 76.7 Å². The Morgan fingerprint density at radius 1 is 1.38 bits per heavy atom. The van der Waals surface area contributed by atoms with Crippen molar-refractivity contribution in [3.05, 3.63) is 36.2 Å². The van der Waals surface area contributed by atoms with E-state index in [1.54, 1.807) is 30.4 Å². The summed E-state index contributed by atoms with van der Waals surface area (Å²) < 4.78 is 0. The number of carbonyl (C=O) groups is 1. The predicted molar refractivity (Wildman–Crippen MR) is 49.9 cm³/mol. The maximum atomic E-state index is 11.2. The Bertz CT molecular complexity index is 356. The minimum absolute atomic E-state index is 0.0758. The molecule has 2 heterocycles. The first-order valence-electron chi connectivity index (χ1n) is 4.13. The highest BCUT2D eigenvalue weighted by Crippen LogP contribution is 2.19. The van der Waals surface area contributed by atoms with Crippen molar-refractivity contribution >= 4 is 11.5 Å². The number of carbonyl (C=O) groups excluding carboxylic acids is 1. The second-order valence-corrected chi connectivity index (χ2v) is 3.10. The summed E-state index contributed by atoms with van der Waals surface area (Å²) in [4.78, 5) is 16.8. The molecular formula is C10H10N2O. The Morgan fingerprint density at radius 3 is 2.62 bits per heavy atom. The summed E-state index contributed by atoms with van der Waals surface area (Å²) in [7, 11) is 1.80. The molecule has 1 amide bonds. The molecule has 0 atom stereocenters. The Morgan fingerprint density at radius 2 is 2.08 bits per heavy atom. The van der Waals surface area contributed by atoms with Gasteiger partial charge in [-0.1, -0.05) is 0 Å². The Kier molecular flexibility index (Phi) is 1.85. The van der Waals surface area contributed by atoms with Gasteiger partial charge in [0.25, 0.3) is 0 Å². The zero-order valence-electron chi connectivity index (χ0n) is 7.40. The van der Waals surface area contributed by atoms with Gasteiger partial charge in [0.05, 0.1) is 0 Å². The van der Waals surface area contributed by atoms with Crippen LogP contribution < -0.4 is 0 Å². The highest BCUT2D eigenvalue weighted by molar-refractivity contribution is 6.00. The molecule has 3 nitrogen and oxygen atoms in total. The molecular weight excluding hydrogens is 164 g/mol. The van der Waals surface area contributed by atoms with Crippen LogP contribution in [0.2, 0.25) is 0 Å². The molecule has 13 heavy (non-hydrogen) atoms. The maximum absolute atomic E-state index is 11.2. The van der Waals surface area contributed by atoms with Crippen molar-refractivity contribution in [2.24, 2.45) is 0 Å². The number of pyridine rings is 1. The fourth-order valence-corrected chi connectivity index (χ4v) is 1.38. The van der Waals surface area contributed by atoms with Crippen LogP contribution in [0, 0.1) is 0 Å². The van der Waals surface area contributed by atoms with Crippen molar-refractivity contribution < 1.29 is 4.79 Å². The first kappa shape index (κ1) is 7.98. The van der Waals surface area contributed by atoms with Crippen LogP contribution in [0.5, 0.6) is 0 Å². The lowest BCUT2D eigenvalue weighted by atomic mass is 10.1. The quantitative estimate of drug-likeness (QED) is 0.634. The minimum atomic E-state index is 0.0758. The average Bonchev–Trinajstić information content (AvgIpc) is 2.49. The summed E-state index contributed by atoms with van der Waals surface area (Å²) >= 11 is 0. The van der Waals surface area contributed by atoms with Gasteiger partial charge in [0.1, 0.15) is 0 Å². The van der Waals surface area contributed by atoms with Crippen LogP contribution in [0.4, 0.5) is 0 Å². The number of aromatic nitrogens is 1. The van der Waals surface area contributed by atoms with Gasteiger partial charge >= 0.3 is 0 Å². The average molecular weight is 174 g/mol. The van der Waals surface area contributed by atoms with E-state index in [2.05, 4.69) is 4.98 Å². The van der Waals surface area contributed by atoms with Gasteiger partial charge in [0.15, 0.2) is 0 Å². The van der Waals surface area contributed by atoms with E-state index in [-0.39, 0.29) is 5.91 Å². The van der Waals surface area contributed by atoms with Crippen molar-refractivity contribution in [3.63, 3.8) is 0 Å². The maximum Gasteiger partial charge on any atom is 0.246 e. The molecule has 66 valence electrons. The summed E-state index contributed by atoms with van der Waals surface area (Å²) in [5.74, 6) is 0.0758. The van der Waals surface area contributed by atoms with E-state index < -0.39 is 0 Å². The largest absolute Gasteiger partial charge is 0.338 e. The lowest BCUT2D eigenvalue weighted by Crippen LogP contribution is -2.19. The third-order valence-corrected chi connectivity index (χ3v) is 2.13. The lowest BCUT2D eigenvalue weighted by molar-refractivity contribution is -0.123. The SMILES string of the molecule is CN1CC(c2ccncc2)=CC1=O. The van der Waals surface area contributed by atoms with Crippen LogP contribution in [0.25, 0.3) is 5.57 Å². The highest BCUT2D eigenvalue weighted by atomic mass is 16.2. The number of rotatable bonds is 1. The topological polar surface area (TPSA) is 33.2 Å². The molecule has 0 aliphatic carbocycles. The van der Waals surface area contributed by atoms with E-state index in [0.717, 1.165) is 11.1 Å². The Hall–Kier alpha value is -1.64. The molecule has 0 fully saturated rings. The summed E-state index contributed by atoms with van der Waals surface area (Å²) in [5.41, 5.74) is 2.14. The molecule has 0 radical (unpaired) electrons. The van der Waals surface area contributed by atoms with Gasteiger partial charge in [-0.2, -0.15) is 0 Å². The predicted octanol–water partition coefficient (Wildman–Crippen LogP) is 0.937. The molecule has 3 heteroatoms. The number of nitrogens with zero attached hydrogens (tertiary/aromatic N) is 2. The van der Waals surface area contributed by atoms with Crippen LogP contribution in [-0.4, -0.2) is 29.4 Å². The second-order valence-electron chi connectivity index (χ2n) is 3.10. The van der Waals surface area contributed by atoms with Gasteiger partial charge in [0.2, 0.25) is 5.91 Å². The number of likely N-dealkylation sites (N-methyl/N-ethyl adjacent to an activating group) is 1. The summed E-state index contributed by atoms with van der Waals surface area (Å²) in [5, 5.41) is 0. The molecule has 0 unspecified atom stereocenters. The third kappa shape index (κ3) is 1.45. The molecule has 0 saturated heterocycles. The van der Waals surface area contributed by atoms with E-state index in [4.69, 9.17) is 0 Å². The lowest BCUT2D eigenvalue weighted by Gasteiger charge is -2.07. The van der Waals surface area contributed by atoms with Crippen molar-refractivity contribution in [3.8, 4) is 0 Å². The summed E-state index contributed by atoms with van der Waals surface area (Å²) in [6.45, 7) is 0.697. The molecule has 0 N–H and O–H groups in total. The van der Waals surface area contributed by atoms with Gasteiger partial charge in [0, 0.05) is 32.1 Å². The monoisotopic (exact) mass is 174 g/mol. The van der Waals surface area contributed by atoms with E-state index in [9.17, 15) is 4.79 Å². The first-order valence-corrected chi connectivity index (χ1v) is 4.13. The zero-order chi connectivity index (χ0) is 9.26. The molecule has 1 aromatic heterocycles. The smallest absolute Gasteiger partial charge is 0.246 e. The van der Waals surface area contributed by atoms with E-state index in [1.807, 2.05) is 12.1 Å². The van der Waals surface area contributed by atoms with Crippen LogP contribution in [0.3, 0.4) is 0 Å². The molecule has 2 rings (SSSR count). The van der Waals surface area contributed by atoms with Gasteiger partial charge in [-0.05, 0) is 23.3 Å². The van der Waals surface area contributed by atoms with Crippen molar-refractivity contribution in [1.29, 1.82) is 0 Å². The number of amides is 1. The molecule has 1 aromatic rings. The van der Waals surface area contributed by atoms with Gasteiger partial charge in [-0.3, -0.25) is 9.78 Å². The summed E-state index contributed by atoms with van der Waals surface area (Å²) in [6, 6.07) is 3.83. The van der Waals surface area contributed by atoms with Crippen LogP contribution in [0.1, 0.15) is 5.56 Å². The minimum Gasteiger partial charge on any atom is -0.338 e. The van der Waals surface area contributed by atoms with Gasteiger partial charge < -0.3 is 4.90 Å². The molecule has 0 spiro atoms. The van der Waals surface area contributed by atoms with Crippen molar-refractivity contribution in [1.82, 2.24) is 9.88 Å². The molecule has 0 saturated carbocycles. The highest BCUT2D eigenvalue weighted by Gasteiger charge is 2.17. The van der Waals surface area contributed by atoms with E-state index in [1.165, 1.54) is 0 Å². The summed E-state index contributed by atoms with van der Waals surface area (Å²) in [6.07, 6.45) is 5.15. The fraction of sp³-hybridized carbons (Fsp3) is 0.200. The number of hydrogen-bond acceptors (Lipinski definition) is 2. The normalized spacial score (nSPS) is 16.2. The van der Waals surface area contributed by atoms with Gasteiger partial charge in [-0.25, -0.2) is 0 Å². The van der Waals surface area contributed by atoms with Gasteiger partial charge in [-0.15, -0.1) is 0 Å². The van der Waals surface area contributed by atoms with E-state index in [0.29, 0.717) is 6.54 Å². The van der Waals surface area contributed by atoms with Crippen molar-refractivity contribution in [2.45, 2.75) is 0 Å². The van der Waals surface area contributed by atoms with Crippen LogP contribution in [0.15, 0.2) is 30.6 Å². The van der Waals surface area contributed by atoms with Crippen molar-refractivity contribution in [2.75, 3.05) is 13.6 Å². The molecule has 0 bridgehead atoms. The van der Waals surface area contributed by atoms with E-state index >= 15 is 0 Å². The third-order valence-electron chi connectivity index (χ3n) is 2.13. The second kappa shape index (κ2) is 3.01. The van der Waals surface area contributed by atoms with Crippen LogP contribution in [-0.2, 0) is 4.79 Å². The van der Waals surface area contributed by atoms with Crippen LogP contribution >= 0.6 is 0 Å². The fourth-order valence-electron chi connectivity index (χ4n) is 1.38. The molecule has 0 aromatic carbocycles. The number of hydrogen-bond donors (Lipinski definition) is 0. The Balaban J connectivity index is 2.30. The molecule has 1 aliphatic heterocycles.